The van der Waals surface area contributed by atoms with Crippen molar-refractivity contribution in [2.75, 3.05) is 26.1 Å². The molecule has 6 nitrogen and oxygen atoms in total. The van der Waals surface area contributed by atoms with E-state index in [1.807, 2.05) is 18.2 Å². The fourth-order valence-corrected chi connectivity index (χ4v) is 2.48. The quantitative estimate of drug-likeness (QED) is 0.875. The van der Waals surface area contributed by atoms with Crippen molar-refractivity contribution in [3.05, 3.63) is 18.2 Å². The largest absolute Gasteiger partial charge is 0.494 e. The second-order valence-corrected chi connectivity index (χ2v) is 4.91. The number of nitrogens with zero attached hydrogens (tertiary/aromatic N) is 1. The Kier molecular flexibility index (Phi) is 6.15. The van der Waals surface area contributed by atoms with E-state index in [-0.39, 0.29) is 24.9 Å². The van der Waals surface area contributed by atoms with Gasteiger partial charge in [-0.2, -0.15) is 0 Å². The van der Waals surface area contributed by atoms with Gasteiger partial charge in [0, 0.05) is 7.11 Å². The highest BCUT2D eigenvalue weighted by Crippen LogP contribution is 2.31. The molecule has 0 spiro atoms. The number of nitrogens with one attached hydrogen (secondary N) is 1. The third-order valence-corrected chi connectivity index (χ3v) is 3.45. The standard InChI is InChI=1S/C12H15N3O3S.ClH/c1-17-6-7(13)11(16)15-12-14-10-8(18-2)4-3-5-9(10)19-12;/h3-5,7H,6,13H2,1-2H3,(H,14,15,16);1H. The maximum Gasteiger partial charge on any atom is 0.245 e. The number of hydrogen-bond donors (Lipinski definition) is 2. The number of carbonyl (C=O) groups excluding carboxylic acids is 1. The fourth-order valence-electron chi connectivity index (χ4n) is 1.59. The number of hydrogen-bond acceptors (Lipinski definition) is 6. The molecule has 0 saturated heterocycles. The fraction of sp³-hybridized carbons (Fsp3) is 0.333. The third kappa shape index (κ3) is 3.57. The van der Waals surface area contributed by atoms with Crippen molar-refractivity contribution in [3.63, 3.8) is 0 Å². The van der Waals surface area contributed by atoms with Crippen molar-refractivity contribution in [3.8, 4) is 5.75 Å². The van der Waals surface area contributed by atoms with Gasteiger partial charge in [-0.15, -0.1) is 12.4 Å². The Hall–Kier alpha value is -1.41. The summed E-state index contributed by atoms with van der Waals surface area (Å²) in [7, 11) is 3.08. The first-order valence-corrected chi connectivity index (χ1v) is 6.46. The molecule has 2 rings (SSSR count). The van der Waals surface area contributed by atoms with Gasteiger partial charge >= 0.3 is 0 Å². The molecule has 0 radical (unpaired) electrons. The van der Waals surface area contributed by atoms with Gasteiger partial charge in [-0.05, 0) is 12.1 Å². The lowest BCUT2D eigenvalue weighted by molar-refractivity contribution is -0.118. The van der Waals surface area contributed by atoms with Crippen molar-refractivity contribution >= 4 is 45.0 Å². The van der Waals surface area contributed by atoms with Gasteiger partial charge in [0.25, 0.3) is 0 Å². The molecule has 20 heavy (non-hydrogen) atoms. The number of halogens is 1. The molecule has 0 aliphatic carbocycles. The molecule has 3 N–H and O–H groups in total. The maximum atomic E-state index is 11.8. The number of methoxy groups -OCH3 is 2. The molecule has 0 aliphatic rings. The molecule has 1 unspecified atom stereocenters. The van der Waals surface area contributed by atoms with Gasteiger partial charge in [0.1, 0.15) is 17.3 Å². The normalized spacial score (nSPS) is 11.8. The monoisotopic (exact) mass is 317 g/mol. The highest BCUT2D eigenvalue weighted by atomic mass is 35.5. The van der Waals surface area contributed by atoms with Gasteiger partial charge in [0.05, 0.1) is 18.4 Å². The summed E-state index contributed by atoms with van der Waals surface area (Å²) >= 11 is 1.37. The van der Waals surface area contributed by atoms with Crippen LogP contribution in [0.15, 0.2) is 18.2 Å². The second-order valence-electron chi connectivity index (χ2n) is 3.88. The average Bonchev–Trinajstić information content (AvgIpc) is 2.80. The van der Waals surface area contributed by atoms with Gasteiger partial charge in [0.2, 0.25) is 5.91 Å². The lowest BCUT2D eigenvalue weighted by Crippen LogP contribution is -2.39. The van der Waals surface area contributed by atoms with Crippen LogP contribution in [0.4, 0.5) is 5.13 Å². The number of nitrogens with two attached hydrogens (primary N) is 1. The Morgan fingerprint density at radius 2 is 2.25 bits per heavy atom. The van der Waals surface area contributed by atoms with Crippen LogP contribution >= 0.6 is 23.7 Å². The lowest BCUT2D eigenvalue weighted by Gasteiger charge is -2.08. The van der Waals surface area contributed by atoms with Crippen LogP contribution in [0.25, 0.3) is 10.2 Å². The second kappa shape index (κ2) is 7.39. The van der Waals surface area contributed by atoms with E-state index in [0.717, 1.165) is 10.2 Å². The van der Waals surface area contributed by atoms with E-state index in [2.05, 4.69) is 10.3 Å². The van der Waals surface area contributed by atoms with Gasteiger partial charge < -0.3 is 20.5 Å². The number of ether oxygens (including phenoxy) is 2. The Labute approximate surface area is 126 Å². The topological polar surface area (TPSA) is 86.5 Å². The van der Waals surface area contributed by atoms with Gasteiger partial charge in [-0.25, -0.2) is 4.98 Å². The number of thiazole rings is 1. The smallest absolute Gasteiger partial charge is 0.245 e. The summed E-state index contributed by atoms with van der Waals surface area (Å²) in [6, 6.07) is 4.91. The SMILES string of the molecule is COCC(N)C(=O)Nc1nc2c(OC)cccc2s1.Cl. The van der Waals surface area contributed by atoms with Crippen LogP contribution in [0.5, 0.6) is 5.75 Å². The summed E-state index contributed by atoms with van der Waals surface area (Å²) in [5, 5.41) is 3.17. The van der Waals surface area contributed by atoms with Crippen LogP contribution < -0.4 is 15.8 Å². The van der Waals surface area contributed by atoms with Crippen LogP contribution in [-0.4, -0.2) is 37.8 Å². The summed E-state index contributed by atoms with van der Waals surface area (Å²) in [6.07, 6.45) is 0. The molecule has 1 aromatic carbocycles. The average molecular weight is 318 g/mol. The first-order chi connectivity index (χ1) is 9.15. The number of rotatable bonds is 5. The number of amides is 1. The molecule has 110 valence electrons. The lowest BCUT2D eigenvalue weighted by atomic mass is 10.3. The van der Waals surface area contributed by atoms with E-state index in [4.69, 9.17) is 15.2 Å². The van der Waals surface area contributed by atoms with Crippen LogP contribution in [0.2, 0.25) is 0 Å². The molecule has 0 saturated carbocycles. The van der Waals surface area contributed by atoms with E-state index >= 15 is 0 Å². The number of carbonyl (C=O) groups is 1. The van der Waals surface area contributed by atoms with Crippen molar-refractivity contribution in [2.24, 2.45) is 5.73 Å². The Balaban J connectivity index is 0.00000200. The molecule has 2 aromatic rings. The highest BCUT2D eigenvalue weighted by molar-refractivity contribution is 7.22. The number of para-hydroxylation sites is 1. The van der Waals surface area contributed by atoms with E-state index in [0.29, 0.717) is 10.9 Å². The zero-order valence-corrected chi connectivity index (χ0v) is 12.7. The first kappa shape index (κ1) is 16.6. The summed E-state index contributed by atoms with van der Waals surface area (Å²) in [6.45, 7) is 0.167. The molecule has 1 heterocycles. The molecule has 0 aliphatic heterocycles. The van der Waals surface area contributed by atoms with Crippen LogP contribution in [0.3, 0.4) is 0 Å². The zero-order chi connectivity index (χ0) is 13.8. The minimum Gasteiger partial charge on any atom is -0.494 e. The van der Waals surface area contributed by atoms with E-state index in [1.165, 1.54) is 18.4 Å². The van der Waals surface area contributed by atoms with E-state index in [1.54, 1.807) is 7.11 Å². The maximum absolute atomic E-state index is 11.8. The predicted octanol–water partition coefficient (Wildman–Crippen LogP) is 1.64. The van der Waals surface area contributed by atoms with Crippen LogP contribution in [0, 0.1) is 0 Å². The Morgan fingerprint density at radius 1 is 1.50 bits per heavy atom. The molecule has 8 heteroatoms. The number of aromatic nitrogens is 1. The van der Waals surface area contributed by atoms with E-state index < -0.39 is 6.04 Å². The van der Waals surface area contributed by atoms with Crippen LogP contribution in [0.1, 0.15) is 0 Å². The molecule has 1 atom stereocenters. The summed E-state index contributed by atoms with van der Waals surface area (Å²) < 4.78 is 11.0. The number of benzene rings is 1. The van der Waals surface area contributed by atoms with Crippen molar-refractivity contribution in [1.29, 1.82) is 0 Å². The Bertz CT molecular complexity index is 590. The van der Waals surface area contributed by atoms with Crippen molar-refractivity contribution in [2.45, 2.75) is 6.04 Å². The zero-order valence-electron chi connectivity index (χ0n) is 11.1. The summed E-state index contributed by atoms with van der Waals surface area (Å²) in [5.74, 6) is 0.357. The summed E-state index contributed by atoms with van der Waals surface area (Å²) in [4.78, 5) is 16.1. The third-order valence-electron chi connectivity index (χ3n) is 2.52. The number of anilines is 1. The first-order valence-electron chi connectivity index (χ1n) is 5.64. The van der Waals surface area contributed by atoms with Crippen molar-refractivity contribution < 1.29 is 14.3 Å². The van der Waals surface area contributed by atoms with Gasteiger partial charge in [-0.3, -0.25) is 4.79 Å². The number of fused-ring (bicyclic) bond motifs is 1. The van der Waals surface area contributed by atoms with E-state index in [9.17, 15) is 4.79 Å². The Morgan fingerprint density at radius 3 is 2.90 bits per heavy atom. The van der Waals surface area contributed by atoms with Gasteiger partial charge in [0.15, 0.2) is 5.13 Å². The minimum atomic E-state index is -0.709. The van der Waals surface area contributed by atoms with Crippen molar-refractivity contribution in [1.82, 2.24) is 4.98 Å². The molecule has 0 fully saturated rings. The molecule has 1 aromatic heterocycles. The molecular formula is C12H16ClN3O3S. The molecular weight excluding hydrogens is 302 g/mol. The molecule has 0 bridgehead atoms. The minimum absolute atomic E-state index is 0. The van der Waals surface area contributed by atoms with Gasteiger partial charge in [-0.1, -0.05) is 17.4 Å². The predicted molar refractivity (Wildman–Crippen MR) is 81.9 cm³/mol. The van der Waals surface area contributed by atoms with Crippen LogP contribution in [-0.2, 0) is 9.53 Å². The molecule has 1 amide bonds. The summed E-state index contributed by atoms with van der Waals surface area (Å²) in [5.41, 5.74) is 6.37. The highest BCUT2D eigenvalue weighted by Gasteiger charge is 2.16.